The second-order valence-electron chi connectivity index (χ2n) is 4.56. The van der Waals surface area contributed by atoms with Gasteiger partial charge < -0.3 is 10.4 Å². The van der Waals surface area contributed by atoms with Crippen molar-refractivity contribution in [2.75, 3.05) is 13.2 Å². The molecule has 0 spiro atoms. The second kappa shape index (κ2) is 4.97. The molecule has 2 N–H and O–H groups in total. The van der Waals surface area contributed by atoms with Crippen LogP contribution in [0.4, 0.5) is 0 Å². The number of aliphatic hydroxyl groups is 1. The van der Waals surface area contributed by atoms with E-state index in [1.54, 1.807) is 0 Å². The van der Waals surface area contributed by atoms with Crippen LogP contribution in [-0.4, -0.2) is 24.2 Å². The number of rotatable bonds is 4. The van der Waals surface area contributed by atoms with Crippen LogP contribution in [0.25, 0.3) is 0 Å². The highest BCUT2D eigenvalue weighted by molar-refractivity contribution is 7.08. The van der Waals surface area contributed by atoms with Crippen molar-refractivity contribution in [2.45, 2.75) is 25.7 Å². The molecule has 1 aliphatic rings. The molecule has 1 fully saturated rings. The van der Waals surface area contributed by atoms with Crippen LogP contribution in [0.5, 0.6) is 0 Å². The van der Waals surface area contributed by atoms with Crippen LogP contribution < -0.4 is 5.32 Å². The second-order valence-corrected chi connectivity index (χ2v) is 5.34. The van der Waals surface area contributed by atoms with Crippen LogP contribution in [0.1, 0.15) is 36.0 Å². The molecule has 1 amide bonds. The molecule has 88 valence electrons. The number of aliphatic hydroxyl groups excluding tert-OH is 1. The third kappa shape index (κ3) is 2.44. The highest BCUT2D eigenvalue weighted by atomic mass is 32.1. The molecule has 0 aromatic carbocycles. The standard InChI is InChI=1S/C12H17NO2S/c14-9-12(4-1-2-5-12)8-13-11(15)10-3-6-16-7-10/h3,6-7,14H,1-2,4-5,8-9H2,(H,13,15). The van der Waals surface area contributed by atoms with Gasteiger partial charge in [-0.15, -0.1) is 0 Å². The zero-order valence-electron chi connectivity index (χ0n) is 9.24. The maximum absolute atomic E-state index is 11.7. The van der Waals surface area contributed by atoms with Crippen LogP contribution in [-0.2, 0) is 0 Å². The Labute approximate surface area is 99.5 Å². The van der Waals surface area contributed by atoms with E-state index in [0.29, 0.717) is 6.54 Å². The molecule has 0 saturated heterocycles. The lowest BCUT2D eigenvalue weighted by Crippen LogP contribution is -2.38. The van der Waals surface area contributed by atoms with Crippen LogP contribution in [0.2, 0.25) is 0 Å². The third-order valence-electron chi connectivity index (χ3n) is 3.41. The largest absolute Gasteiger partial charge is 0.396 e. The summed E-state index contributed by atoms with van der Waals surface area (Å²) in [7, 11) is 0. The lowest BCUT2D eigenvalue weighted by atomic mass is 9.87. The molecule has 1 aromatic rings. The van der Waals surface area contributed by atoms with Gasteiger partial charge in [-0.1, -0.05) is 12.8 Å². The molecule has 0 unspecified atom stereocenters. The molecule has 1 saturated carbocycles. The first-order chi connectivity index (χ1) is 7.76. The molecule has 0 atom stereocenters. The van der Waals surface area contributed by atoms with Crippen molar-refractivity contribution in [3.8, 4) is 0 Å². The number of amides is 1. The van der Waals surface area contributed by atoms with E-state index < -0.39 is 0 Å². The molecule has 1 aromatic heterocycles. The van der Waals surface area contributed by atoms with Gasteiger partial charge in [0, 0.05) is 22.9 Å². The van der Waals surface area contributed by atoms with Gasteiger partial charge in [0.15, 0.2) is 0 Å². The average Bonchev–Trinajstić information content (AvgIpc) is 2.98. The van der Waals surface area contributed by atoms with Gasteiger partial charge >= 0.3 is 0 Å². The Balaban J connectivity index is 1.89. The summed E-state index contributed by atoms with van der Waals surface area (Å²) in [6.45, 7) is 0.773. The van der Waals surface area contributed by atoms with Gasteiger partial charge in [-0.05, 0) is 24.3 Å². The first-order valence-corrected chi connectivity index (χ1v) is 6.61. The van der Waals surface area contributed by atoms with E-state index in [9.17, 15) is 9.90 Å². The summed E-state index contributed by atoms with van der Waals surface area (Å²) in [5.74, 6) is -0.0269. The van der Waals surface area contributed by atoms with Crippen molar-refractivity contribution in [2.24, 2.45) is 5.41 Å². The smallest absolute Gasteiger partial charge is 0.252 e. The van der Waals surface area contributed by atoms with Crippen molar-refractivity contribution in [1.82, 2.24) is 5.32 Å². The number of carbonyl (C=O) groups excluding carboxylic acids is 1. The predicted octanol–water partition coefficient (Wildman–Crippen LogP) is 2.03. The van der Waals surface area contributed by atoms with Gasteiger partial charge in [0.2, 0.25) is 0 Å². The Morgan fingerprint density at radius 2 is 2.25 bits per heavy atom. The van der Waals surface area contributed by atoms with Crippen molar-refractivity contribution >= 4 is 17.2 Å². The summed E-state index contributed by atoms with van der Waals surface area (Å²) in [6.07, 6.45) is 4.37. The molecule has 4 heteroatoms. The number of thiophene rings is 1. The van der Waals surface area contributed by atoms with E-state index in [4.69, 9.17) is 0 Å². The number of nitrogens with one attached hydrogen (secondary N) is 1. The van der Waals surface area contributed by atoms with Gasteiger partial charge in [-0.3, -0.25) is 4.79 Å². The maximum Gasteiger partial charge on any atom is 0.252 e. The van der Waals surface area contributed by atoms with E-state index in [0.717, 1.165) is 31.2 Å². The summed E-state index contributed by atoms with van der Waals surface area (Å²) in [5.41, 5.74) is 0.655. The minimum absolute atomic E-state index is 0.0269. The maximum atomic E-state index is 11.7. The van der Waals surface area contributed by atoms with Crippen molar-refractivity contribution in [1.29, 1.82) is 0 Å². The Kier molecular flexibility index (Phi) is 3.61. The van der Waals surface area contributed by atoms with E-state index in [1.807, 2.05) is 16.8 Å². The van der Waals surface area contributed by atoms with E-state index in [-0.39, 0.29) is 17.9 Å². The van der Waals surface area contributed by atoms with Gasteiger partial charge in [-0.2, -0.15) is 11.3 Å². The first kappa shape index (κ1) is 11.6. The van der Waals surface area contributed by atoms with E-state index in [2.05, 4.69) is 5.32 Å². The predicted molar refractivity (Wildman–Crippen MR) is 64.6 cm³/mol. The van der Waals surface area contributed by atoms with E-state index in [1.165, 1.54) is 11.3 Å². The van der Waals surface area contributed by atoms with Gasteiger partial charge in [0.1, 0.15) is 0 Å². The Bertz CT molecular complexity index is 342. The minimum Gasteiger partial charge on any atom is -0.396 e. The highest BCUT2D eigenvalue weighted by Crippen LogP contribution is 2.36. The highest BCUT2D eigenvalue weighted by Gasteiger charge is 2.33. The quantitative estimate of drug-likeness (QED) is 0.844. The van der Waals surface area contributed by atoms with Gasteiger partial charge in [0.05, 0.1) is 6.61 Å². The summed E-state index contributed by atoms with van der Waals surface area (Å²) >= 11 is 1.52. The molecule has 16 heavy (non-hydrogen) atoms. The fourth-order valence-corrected chi connectivity index (χ4v) is 2.92. The summed E-state index contributed by atoms with van der Waals surface area (Å²) < 4.78 is 0. The fraction of sp³-hybridized carbons (Fsp3) is 0.583. The van der Waals surface area contributed by atoms with Gasteiger partial charge in [-0.25, -0.2) is 0 Å². The van der Waals surface area contributed by atoms with Crippen molar-refractivity contribution < 1.29 is 9.90 Å². The Morgan fingerprint density at radius 3 is 2.81 bits per heavy atom. The summed E-state index contributed by atoms with van der Waals surface area (Å²) in [4.78, 5) is 11.7. The van der Waals surface area contributed by atoms with Crippen molar-refractivity contribution in [3.05, 3.63) is 22.4 Å². The van der Waals surface area contributed by atoms with Gasteiger partial charge in [0.25, 0.3) is 5.91 Å². The third-order valence-corrected chi connectivity index (χ3v) is 4.09. The molecule has 0 aliphatic heterocycles. The number of hydrogen-bond donors (Lipinski definition) is 2. The van der Waals surface area contributed by atoms with Crippen LogP contribution in [0, 0.1) is 5.41 Å². The van der Waals surface area contributed by atoms with Crippen molar-refractivity contribution in [3.63, 3.8) is 0 Å². The van der Waals surface area contributed by atoms with Crippen LogP contribution in [0.3, 0.4) is 0 Å². The molecular weight excluding hydrogens is 222 g/mol. The molecular formula is C12H17NO2S. The molecule has 1 heterocycles. The first-order valence-electron chi connectivity index (χ1n) is 5.67. The molecule has 0 bridgehead atoms. The average molecular weight is 239 g/mol. The Hall–Kier alpha value is -0.870. The topological polar surface area (TPSA) is 49.3 Å². The minimum atomic E-state index is -0.0638. The van der Waals surface area contributed by atoms with E-state index >= 15 is 0 Å². The fourth-order valence-electron chi connectivity index (χ4n) is 2.28. The Morgan fingerprint density at radius 1 is 1.50 bits per heavy atom. The normalized spacial score (nSPS) is 18.6. The lowest BCUT2D eigenvalue weighted by Gasteiger charge is -2.26. The number of carbonyl (C=O) groups is 1. The molecule has 3 nitrogen and oxygen atoms in total. The molecule has 2 rings (SSSR count). The zero-order valence-corrected chi connectivity index (χ0v) is 10.1. The summed E-state index contributed by atoms with van der Waals surface area (Å²) in [6, 6.07) is 1.82. The van der Waals surface area contributed by atoms with Crippen LogP contribution in [0.15, 0.2) is 16.8 Å². The van der Waals surface area contributed by atoms with Crippen LogP contribution >= 0.6 is 11.3 Å². The molecule has 1 aliphatic carbocycles. The molecule has 0 radical (unpaired) electrons. The number of hydrogen-bond acceptors (Lipinski definition) is 3. The summed E-state index contributed by atoms with van der Waals surface area (Å²) in [5, 5.41) is 16.1. The lowest BCUT2D eigenvalue weighted by molar-refractivity contribution is 0.0881. The SMILES string of the molecule is O=C(NCC1(CO)CCCC1)c1ccsc1. The zero-order chi connectivity index (χ0) is 11.4. The monoisotopic (exact) mass is 239 g/mol.